The summed E-state index contributed by atoms with van der Waals surface area (Å²) in [5.41, 5.74) is 2.93. The molecule has 4 aromatic rings. The summed E-state index contributed by atoms with van der Waals surface area (Å²) in [6, 6.07) is 20.2. The van der Waals surface area contributed by atoms with Crippen LogP contribution in [0.4, 0.5) is 10.5 Å². The van der Waals surface area contributed by atoms with Crippen LogP contribution in [-0.4, -0.2) is 29.5 Å². The predicted octanol–water partition coefficient (Wildman–Crippen LogP) is 5.14. The summed E-state index contributed by atoms with van der Waals surface area (Å²) in [6.07, 6.45) is -0.643. The monoisotopic (exact) mass is 416 g/mol. The number of carbonyl (C=O) groups excluding carboxylic acids is 2. The Morgan fingerprint density at radius 2 is 1.73 bits per heavy atom. The maximum absolute atomic E-state index is 13.2. The van der Waals surface area contributed by atoms with E-state index in [9.17, 15) is 9.59 Å². The zero-order valence-corrected chi connectivity index (χ0v) is 16.6. The van der Waals surface area contributed by atoms with Gasteiger partial charge in [-0.25, -0.2) is 4.79 Å². The van der Waals surface area contributed by atoms with E-state index in [-0.39, 0.29) is 19.0 Å². The number of anilines is 1. The molecule has 0 spiro atoms. The van der Waals surface area contributed by atoms with Crippen LogP contribution in [0.2, 0.25) is 0 Å². The molecule has 0 saturated carbocycles. The summed E-state index contributed by atoms with van der Waals surface area (Å²) in [6.45, 7) is 0.312. The molecule has 3 aromatic carbocycles. The van der Waals surface area contributed by atoms with Gasteiger partial charge in [-0.15, -0.1) is 0 Å². The smallest absolute Gasteiger partial charge is 0.411 e. The Balaban J connectivity index is 1.32. The first-order chi connectivity index (χ1) is 14.7. The van der Waals surface area contributed by atoms with Crippen molar-refractivity contribution in [1.29, 1.82) is 0 Å². The molecule has 0 saturated heterocycles. The van der Waals surface area contributed by atoms with Crippen molar-refractivity contribution in [3.05, 3.63) is 77.9 Å². The highest BCUT2D eigenvalue weighted by Gasteiger charge is 2.30. The molecule has 0 unspecified atom stereocenters. The number of aromatic nitrogens is 1. The van der Waals surface area contributed by atoms with Crippen LogP contribution in [-0.2, 0) is 4.74 Å². The minimum atomic E-state index is -0.643. The summed E-state index contributed by atoms with van der Waals surface area (Å²) in [4.78, 5) is 25.5. The van der Waals surface area contributed by atoms with Gasteiger partial charge in [-0.2, -0.15) is 4.37 Å². The van der Waals surface area contributed by atoms with Crippen LogP contribution in [0, 0.1) is 0 Å². The first kappa shape index (κ1) is 18.3. The number of benzene rings is 3. The van der Waals surface area contributed by atoms with Crippen LogP contribution in [0.5, 0.6) is 5.75 Å². The van der Waals surface area contributed by atoms with Crippen LogP contribution >= 0.6 is 11.5 Å². The zero-order valence-electron chi connectivity index (χ0n) is 15.8. The lowest BCUT2D eigenvalue weighted by molar-refractivity contribution is 0.104. The van der Waals surface area contributed by atoms with Crippen molar-refractivity contribution >= 4 is 39.2 Å². The van der Waals surface area contributed by atoms with Gasteiger partial charge in [-0.1, -0.05) is 42.5 Å². The van der Waals surface area contributed by atoms with Gasteiger partial charge >= 0.3 is 6.09 Å². The number of ether oxygens (including phenoxy) is 2. The summed E-state index contributed by atoms with van der Waals surface area (Å²) in [5.74, 6) is 0.573. The number of hydrogen-bond donors (Lipinski definition) is 1. The SMILES string of the molecule is O=C(Nc1cccc2c1C(=O)c1cccc3snc-2c13)OCCOc1ccccc1. The van der Waals surface area contributed by atoms with Gasteiger partial charge < -0.3 is 9.47 Å². The topological polar surface area (TPSA) is 77.5 Å². The minimum Gasteiger partial charge on any atom is -0.490 e. The molecule has 1 aliphatic carbocycles. The third kappa shape index (κ3) is 3.19. The Bertz CT molecular complexity index is 1270. The molecule has 5 rings (SSSR count). The van der Waals surface area contributed by atoms with Gasteiger partial charge in [-0.3, -0.25) is 10.1 Å². The van der Waals surface area contributed by atoms with Crippen LogP contribution in [0.1, 0.15) is 15.9 Å². The van der Waals surface area contributed by atoms with Crippen molar-refractivity contribution < 1.29 is 19.1 Å². The zero-order chi connectivity index (χ0) is 20.5. The number of amides is 1. The second kappa shape index (κ2) is 7.61. The summed E-state index contributed by atoms with van der Waals surface area (Å²) < 4.78 is 16.2. The number of nitrogens with zero attached hydrogens (tertiary/aromatic N) is 1. The molecule has 6 nitrogen and oxygen atoms in total. The molecule has 0 aliphatic heterocycles. The Morgan fingerprint density at radius 1 is 0.933 bits per heavy atom. The number of ketones is 1. The maximum atomic E-state index is 13.2. The molecule has 1 aliphatic rings. The van der Waals surface area contributed by atoms with E-state index in [4.69, 9.17) is 9.47 Å². The first-order valence-electron chi connectivity index (χ1n) is 9.40. The Kier molecular flexibility index (Phi) is 4.65. The van der Waals surface area contributed by atoms with Crippen LogP contribution in [0.3, 0.4) is 0 Å². The van der Waals surface area contributed by atoms with E-state index in [1.54, 1.807) is 18.2 Å². The number of carbonyl (C=O) groups is 2. The number of rotatable bonds is 5. The molecule has 0 radical (unpaired) electrons. The van der Waals surface area contributed by atoms with Crippen LogP contribution in [0.25, 0.3) is 21.3 Å². The number of fused-ring (bicyclic) bond motifs is 2. The fourth-order valence-corrected chi connectivity index (χ4v) is 4.37. The van der Waals surface area contributed by atoms with Crippen molar-refractivity contribution in [2.75, 3.05) is 18.5 Å². The second-order valence-electron chi connectivity index (χ2n) is 6.69. The van der Waals surface area contributed by atoms with Gasteiger partial charge in [0.15, 0.2) is 5.78 Å². The highest BCUT2D eigenvalue weighted by molar-refractivity contribution is 7.13. The summed E-state index contributed by atoms with van der Waals surface area (Å²) in [7, 11) is 0. The van der Waals surface area contributed by atoms with E-state index in [1.807, 2.05) is 48.5 Å². The molecule has 0 fully saturated rings. The molecule has 1 N–H and O–H groups in total. The molecule has 1 amide bonds. The normalized spacial score (nSPS) is 11.8. The van der Waals surface area contributed by atoms with Crippen molar-refractivity contribution in [1.82, 2.24) is 4.37 Å². The average Bonchev–Trinajstić information content (AvgIpc) is 3.21. The first-order valence-corrected chi connectivity index (χ1v) is 10.2. The van der Waals surface area contributed by atoms with Gasteiger partial charge in [0.2, 0.25) is 0 Å². The molecule has 1 heterocycles. The van der Waals surface area contributed by atoms with E-state index >= 15 is 0 Å². The minimum absolute atomic E-state index is 0.0826. The van der Waals surface area contributed by atoms with Gasteiger partial charge in [0, 0.05) is 16.5 Å². The molecule has 148 valence electrons. The van der Waals surface area contributed by atoms with E-state index in [0.717, 1.165) is 21.3 Å². The molecule has 0 atom stereocenters. The number of para-hydroxylation sites is 1. The van der Waals surface area contributed by atoms with Crippen molar-refractivity contribution in [3.63, 3.8) is 0 Å². The molecular weight excluding hydrogens is 400 g/mol. The molecule has 1 aromatic heterocycles. The van der Waals surface area contributed by atoms with E-state index < -0.39 is 6.09 Å². The van der Waals surface area contributed by atoms with E-state index in [1.165, 1.54) is 11.5 Å². The van der Waals surface area contributed by atoms with Crippen molar-refractivity contribution in [2.24, 2.45) is 0 Å². The third-order valence-electron chi connectivity index (χ3n) is 4.85. The fourth-order valence-electron chi connectivity index (χ4n) is 3.55. The van der Waals surface area contributed by atoms with Gasteiger partial charge in [0.1, 0.15) is 19.0 Å². The Morgan fingerprint density at radius 3 is 2.60 bits per heavy atom. The fraction of sp³-hybridized carbons (Fsp3) is 0.0870. The summed E-state index contributed by atoms with van der Waals surface area (Å²) >= 11 is 1.36. The van der Waals surface area contributed by atoms with E-state index in [0.29, 0.717) is 22.6 Å². The van der Waals surface area contributed by atoms with Crippen LogP contribution in [0.15, 0.2) is 66.7 Å². The average molecular weight is 416 g/mol. The van der Waals surface area contributed by atoms with Gasteiger partial charge in [-0.05, 0) is 35.8 Å². The molecule has 0 bridgehead atoms. The van der Waals surface area contributed by atoms with Crippen molar-refractivity contribution in [3.8, 4) is 17.0 Å². The molecule has 7 heteroatoms. The Hall–Kier alpha value is -3.71. The largest absolute Gasteiger partial charge is 0.490 e. The number of hydrogen-bond acceptors (Lipinski definition) is 6. The lowest BCUT2D eigenvalue weighted by atomic mass is 9.86. The van der Waals surface area contributed by atoms with Crippen molar-refractivity contribution in [2.45, 2.75) is 0 Å². The lowest BCUT2D eigenvalue weighted by Gasteiger charge is -2.18. The number of nitrogens with one attached hydrogen (secondary N) is 1. The van der Waals surface area contributed by atoms with Gasteiger partial charge in [0.25, 0.3) is 0 Å². The predicted molar refractivity (Wildman–Crippen MR) is 115 cm³/mol. The third-order valence-corrected chi connectivity index (χ3v) is 5.67. The Labute approximate surface area is 176 Å². The molecule has 30 heavy (non-hydrogen) atoms. The highest BCUT2D eigenvalue weighted by atomic mass is 32.1. The van der Waals surface area contributed by atoms with Crippen LogP contribution < -0.4 is 10.1 Å². The quantitative estimate of drug-likeness (QED) is 0.402. The second-order valence-corrected chi connectivity index (χ2v) is 7.49. The van der Waals surface area contributed by atoms with E-state index in [2.05, 4.69) is 9.69 Å². The molecular formula is C23H16N2O4S. The maximum Gasteiger partial charge on any atom is 0.411 e. The standard InChI is InChI=1S/C23H16N2O4S/c26-22-16-9-5-11-18-20(16)21(25-30-18)15-8-4-10-17(19(15)22)24-23(27)29-13-12-28-14-6-2-1-3-7-14/h1-11H,12-13H2,(H,24,27). The highest BCUT2D eigenvalue weighted by Crippen LogP contribution is 2.42. The summed E-state index contributed by atoms with van der Waals surface area (Å²) in [5, 5.41) is 3.57. The lowest BCUT2D eigenvalue weighted by Crippen LogP contribution is -2.20. The van der Waals surface area contributed by atoms with Gasteiger partial charge in [0.05, 0.1) is 21.6 Å².